The number of carboxylic acids is 1. The number of rotatable bonds is 7. The average Bonchev–Trinajstić information content (AvgIpc) is 2.34. The summed E-state index contributed by atoms with van der Waals surface area (Å²) >= 11 is 0. The first kappa shape index (κ1) is 14.4. The molecule has 1 aromatic rings. The summed E-state index contributed by atoms with van der Waals surface area (Å²) in [7, 11) is 1.63. The molecule has 6 heteroatoms. The SMILES string of the molecule is COCCN(CC(C)C)c1cncc(C(=O)O)n1. The molecule has 0 saturated carbocycles. The van der Waals surface area contributed by atoms with Crippen molar-refractivity contribution in [2.24, 2.45) is 5.92 Å². The van der Waals surface area contributed by atoms with Crippen LogP contribution in [0.1, 0.15) is 24.3 Å². The lowest BCUT2D eigenvalue weighted by Gasteiger charge is -2.25. The molecule has 0 aliphatic carbocycles. The molecule has 18 heavy (non-hydrogen) atoms. The summed E-state index contributed by atoms with van der Waals surface area (Å²) in [4.78, 5) is 20.8. The molecule has 0 aliphatic rings. The van der Waals surface area contributed by atoms with Crippen molar-refractivity contribution in [2.75, 3.05) is 31.7 Å². The molecule has 0 unspecified atom stereocenters. The van der Waals surface area contributed by atoms with E-state index in [1.54, 1.807) is 13.3 Å². The highest BCUT2D eigenvalue weighted by Crippen LogP contribution is 2.12. The second-order valence-corrected chi connectivity index (χ2v) is 4.40. The summed E-state index contributed by atoms with van der Waals surface area (Å²) in [6.45, 7) is 6.18. The van der Waals surface area contributed by atoms with E-state index in [1.165, 1.54) is 6.20 Å². The Bertz CT molecular complexity index is 396. The summed E-state index contributed by atoms with van der Waals surface area (Å²) in [5.41, 5.74) is -0.0429. The third-order valence-electron chi connectivity index (χ3n) is 2.32. The van der Waals surface area contributed by atoms with Crippen LogP contribution in [0.3, 0.4) is 0 Å². The largest absolute Gasteiger partial charge is 0.476 e. The van der Waals surface area contributed by atoms with Gasteiger partial charge < -0.3 is 14.7 Å². The first-order chi connectivity index (χ1) is 8.54. The predicted octanol–water partition coefficient (Wildman–Crippen LogP) is 1.28. The monoisotopic (exact) mass is 253 g/mol. The summed E-state index contributed by atoms with van der Waals surface area (Å²) in [5, 5.41) is 8.90. The van der Waals surface area contributed by atoms with Crippen molar-refractivity contribution in [1.29, 1.82) is 0 Å². The maximum absolute atomic E-state index is 10.9. The van der Waals surface area contributed by atoms with Gasteiger partial charge in [0.1, 0.15) is 5.82 Å². The van der Waals surface area contributed by atoms with Crippen LogP contribution < -0.4 is 4.90 Å². The van der Waals surface area contributed by atoms with Crippen molar-refractivity contribution in [2.45, 2.75) is 13.8 Å². The van der Waals surface area contributed by atoms with Gasteiger partial charge >= 0.3 is 5.97 Å². The van der Waals surface area contributed by atoms with Crippen molar-refractivity contribution < 1.29 is 14.6 Å². The second-order valence-electron chi connectivity index (χ2n) is 4.40. The van der Waals surface area contributed by atoms with Gasteiger partial charge in [-0.3, -0.25) is 4.98 Å². The number of ether oxygens (including phenoxy) is 1. The minimum atomic E-state index is -1.07. The van der Waals surface area contributed by atoms with Crippen LogP contribution in [0.5, 0.6) is 0 Å². The van der Waals surface area contributed by atoms with E-state index in [2.05, 4.69) is 23.8 Å². The maximum atomic E-state index is 10.9. The maximum Gasteiger partial charge on any atom is 0.356 e. The van der Waals surface area contributed by atoms with Crippen LogP contribution in [-0.2, 0) is 4.74 Å². The molecular weight excluding hydrogens is 234 g/mol. The lowest BCUT2D eigenvalue weighted by Crippen LogP contribution is -2.32. The van der Waals surface area contributed by atoms with E-state index in [-0.39, 0.29) is 5.69 Å². The molecule has 0 radical (unpaired) electrons. The molecule has 0 spiro atoms. The van der Waals surface area contributed by atoms with Crippen LogP contribution in [-0.4, -0.2) is 47.8 Å². The topological polar surface area (TPSA) is 75.5 Å². The van der Waals surface area contributed by atoms with E-state index >= 15 is 0 Å². The quantitative estimate of drug-likeness (QED) is 0.789. The minimum Gasteiger partial charge on any atom is -0.476 e. The zero-order valence-electron chi connectivity index (χ0n) is 11.0. The molecule has 0 fully saturated rings. The molecule has 6 nitrogen and oxygen atoms in total. The lowest BCUT2D eigenvalue weighted by atomic mass is 10.2. The Morgan fingerprint density at radius 2 is 2.22 bits per heavy atom. The summed E-state index contributed by atoms with van der Waals surface area (Å²) in [6, 6.07) is 0. The number of aromatic carboxylic acids is 1. The Hall–Kier alpha value is -1.69. The molecule has 1 N–H and O–H groups in total. The summed E-state index contributed by atoms with van der Waals surface area (Å²) < 4.78 is 5.05. The number of hydrogen-bond donors (Lipinski definition) is 1. The fourth-order valence-electron chi connectivity index (χ4n) is 1.55. The molecule has 0 atom stereocenters. The van der Waals surface area contributed by atoms with Crippen LogP contribution >= 0.6 is 0 Å². The molecule has 100 valence electrons. The molecule has 1 aromatic heterocycles. The van der Waals surface area contributed by atoms with Gasteiger partial charge in [0.2, 0.25) is 0 Å². The van der Waals surface area contributed by atoms with Gasteiger partial charge in [-0.2, -0.15) is 0 Å². The molecule has 0 bridgehead atoms. The third-order valence-corrected chi connectivity index (χ3v) is 2.32. The normalized spacial score (nSPS) is 10.7. The standard InChI is InChI=1S/C12H19N3O3/c1-9(2)8-15(4-5-18-3)11-7-13-6-10(14-11)12(16)17/h6-7,9H,4-5,8H2,1-3H3,(H,16,17). The van der Waals surface area contributed by atoms with E-state index in [0.717, 1.165) is 6.54 Å². The first-order valence-corrected chi connectivity index (χ1v) is 5.83. The van der Waals surface area contributed by atoms with Crippen LogP contribution in [0, 0.1) is 5.92 Å². The fraction of sp³-hybridized carbons (Fsp3) is 0.583. The van der Waals surface area contributed by atoms with Gasteiger partial charge in [0.25, 0.3) is 0 Å². The Morgan fingerprint density at radius 1 is 1.50 bits per heavy atom. The number of methoxy groups -OCH3 is 1. The van der Waals surface area contributed by atoms with Crippen LogP contribution in [0.15, 0.2) is 12.4 Å². The summed E-state index contributed by atoms with van der Waals surface area (Å²) in [6.07, 6.45) is 2.82. The number of carbonyl (C=O) groups is 1. The number of carboxylic acid groups (broad SMARTS) is 1. The van der Waals surface area contributed by atoms with Crippen molar-refractivity contribution in [1.82, 2.24) is 9.97 Å². The van der Waals surface area contributed by atoms with Crippen molar-refractivity contribution in [3.63, 3.8) is 0 Å². The molecule has 0 saturated heterocycles. The number of hydrogen-bond acceptors (Lipinski definition) is 5. The molecule has 0 amide bonds. The molecule has 1 rings (SSSR count). The van der Waals surface area contributed by atoms with Gasteiger partial charge in [-0.1, -0.05) is 13.8 Å². The molecule has 0 aromatic carbocycles. The fourth-order valence-corrected chi connectivity index (χ4v) is 1.55. The van der Waals surface area contributed by atoms with Gasteiger partial charge in [-0.05, 0) is 5.92 Å². The first-order valence-electron chi connectivity index (χ1n) is 5.83. The molecule has 1 heterocycles. The van der Waals surface area contributed by atoms with Gasteiger partial charge in [0, 0.05) is 20.2 Å². The Kier molecular flexibility index (Phi) is 5.51. The van der Waals surface area contributed by atoms with Crippen LogP contribution in [0.2, 0.25) is 0 Å². The van der Waals surface area contributed by atoms with Crippen molar-refractivity contribution in [3.8, 4) is 0 Å². The van der Waals surface area contributed by atoms with Crippen LogP contribution in [0.4, 0.5) is 5.82 Å². The minimum absolute atomic E-state index is 0.0429. The number of anilines is 1. The highest BCUT2D eigenvalue weighted by Gasteiger charge is 2.13. The third kappa shape index (κ3) is 4.29. The van der Waals surface area contributed by atoms with Gasteiger partial charge in [0.15, 0.2) is 5.69 Å². The predicted molar refractivity (Wildman–Crippen MR) is 67.9 cm³/mol. The Labute approximate surface area is 107 Å². The smallest absolute Gasteiger partial charge is 0.356 e. The average molecular weight is 253 g/mol. The zero-order valence-corrected chi connectivity index (χ0v) is 11.0. The van der Waals surface area contributed by atoms with Gasteiger partial charge in [-0.15, -0.1) is 0 Å². The Balaban J connectivity index is 2.89. The second kappa shape index (κ2) is 6.90. The van der Waals surface area contributed by atoms with Crippen molar-refractivity contribution in [3.05, 3.63) is 18.1 Å². The number of aromatic nitrogens is 2. The van der Waals surface area contributed by atoms with E-state index in [1.807, 2.05) is 4.90 Å². The molecule has 0 aliphatic heterocycles. The Morgan fingerprint density at radius 3 is 2.78 bits per heavy atom. The van der Waals surface area contributed by atoms with Crippen molar-refractivity contribution >= 4 is 11.8 Å². The van der Waals surface area contributed by atoms with E-state index in [4.69, 9.17) is 9.84 Å². The van der Waals surface area contributed by atoms with Gasteiger partial charge in [0.05, 0.1) is 19.0 Å². The van der Waals surface area contributed by atoms with Crippen LogP contribution in [0.25, 0.3) is 0 Å². The lowest BCUT2D eigenvalue weighted by molar-refractivity contribution is 0.0690. The summed E-state index contributed by atoms with van der Waals surface area (Å²) in [5.74, 6) is -0.0571. The highest BCUT2D eigenvalue weighted by molar-refractivity contribution is 5.85. The highest BCUT2D eigenvalue weighted by atomic mass is 16.5. The van der Waals surface area contributed by atoms with E-state index in [0.29, 0.717) is 24.9 Å². The molecular formula is C12H19N3O3. The number of nitrogens with zero attached hydrogens (tertiary/aromatic N) is 3. The zero-order chi connectivity index (χ0) is 13.5. The van der Waals surface area contributed by atoms with E-state index < -0.39 is 5.97 Å². The van der Waals surface area contributed by atoms with Gasteiger partial charge in [-0.25, -0.2) is 9.78 Å². The van der Waals surface area contributed by atoms with E-state index in [9.17, 15) is 4.79 Å².